The Bertz CT molecular complexity index is 143. The zero-order valence-electron chi connectivity index (χ0n) is 10.1. The molecule has 0 aromatic rings. The Labute approximate surface area is 89.1 Å². The minimum atomic E-state index is 0.760. The van der Waals surface area contributed by atoms with Gasteiger partial charge in [-0.3, -0.25) is 4.90 Å². The Morgan fingerprint density at radius 1 is 1.29 bits per heavy atom. The van der Waals surface area contributed by atoms with Crippen LogP contribution in [0.2, 0.25) is 0 Å². The number of rotatable bonds is 6. The van der Waals surface area contributed by atoms with Crippen molar-refractivity contribution in [2.75, 3.05) is 19.6 Å². The SMILES string of the molecule is CCCNC1CCN(C(CC)CC)C1. The third kappa shape index (κ3) is 3.25. The van der Waals surface area contributed by atoms with Gasteiger partial charge in [-0.15, -0.1) is 0 Å². The molecule has 0 aromatic heterocycles. The van der Waals surface area contributed by atoms with Crippen molar-refractivity contribution in [3.8, 4) is 0 Å². The summed E-state index contributed by atoms with van der Waals surface area (Å²) in [5, 5.41) is 3.62. The van der Waals surface area contributed by atoms with Crippen LogP contribution in [0.4, 0.5) is 0 Å². The molecule has 2 heteroatoms. The molecule has 1 atom stereocenters. The number of nitrogens with one attached hydrogen (secondary N) is 1. The summed E-state index contributed by atoms with van der Waals surface area (Å²) in [5.41, 5.74) is 0. The molecule has 1 aliphatic heterocycles. The molecule has 1 N–H and O–H groups in total. The van der Waals surface area contributed by atoms with Crippen LogP contribution in [0.5, 0.6) is 0 Å². The molecule has 1 unspecified atom stereocenters. The zero-order valence-corrected chi connectivity index (χ0v) is 10.1. The molecule has 1 heterocycles. The van der Waals surface area contributed by atoms with Crippen molar-refractivity contribution in [3.63, 3.8) is 0 Å². The van der Waals surface area contributed by atoms with Crippen LogP contribution in [-0.2, 0) is 0 Å². The maximum atomic E-state index is 3.62. The van der Waals surface area contributed by atoms with Gasteiger partial charge in [-0.1, -0.05) is 20.8 Å². The summed E-state index contributed by atoms with van der Waals surface area (Å²) in [4.78, 5) is 2.66. The standard InChI is InChI=1S/C12H26N2/c1-4-8-13-11-7-9-14(10-11)12(5-2)6-3/h11-13H,4-10H2,1-3H3. The molecule has 1 rings (SSSR count). The van der Waals surface area contributed by atoms with E-state index in [-0.39, 0.29) is 0 Å². The lowest BCUT2D eigenvalue weighted by Gasteiger charge is -2.25. The quantitative estimate of drug-likeness (QED) is 0.704. The lowest BCUT2D eigenvalue weighted by Crippen LogP contribution is -2.37. The van der Waals surface area contributed by atoms with E-state index in [1.165, 1.54) is 45.3 Å². The Kier molecular flexibility index (Phi) is 5.49. The van der Waals surface area contributed by atoms with Gasteiger partial charge >= 0.3 is 0 Å². The van der Waals surface area contributed by atoms with E-state index in [1.54, 1.807) is 0 Å². The van der Waals surface area contributed by atoms with E-state index in [0.717, 1.165) is 12.1 Å². The average molecular weight is 198 g/mol. The van der Waals surface area contributed by atoms with Gasteiger partial charge in [0.15, 0.2) is 0 Å². The second-order valence-corrected chi connectivity index (χ2v) is 4.40. The predicted octanol–water partition coefficient (Wildman–Crippen LogP) is 2.25. The molecule has 0 bridgehead atoms. The van der Waals surface area contributed by atoms with Crippen LogP contribution in [0.3, 0.4) is 0 Å². The summed E-state index contributed by atoms with van der Waals surface area (Å²) in [5.74, 6) is 0. The van der Waals surface area contributed by atoms with Crippen molar-refractivity contribution in [2.45, 2.75) is 58.5 Å². The molecule has 1 fully saturated rings. The molecule has 0 amide bonds. The lowest BCUT2D eigenvalue weighted by atomic mass is 10.1. The molecular formula is C12H26N2. The van der Waals surface area contributed by atoms with Gasteiger partial charge in [0.2, 0.25) is 0 Å². The van der Waals surface area contributed by atoms with Gasteiger partial charge < -0.3 is 5.32 Å². The third-order valence-electron chi connectivity index (χ3n) is 3.36. The van der Waals surface area contributed by atoms with Gasteiger partial charge in [-0.2, -0.15) is 0 Å². The summed E-state index contributed by atoms with van der Waals surface area (Å²) in [6, 6.07) is 1.58. The fourth-order valence-electron chi connectivity index (χ4n) is 2.44. The predicted molar refractivity (Wildman–Crippen MR) is 62.6 cm³/mol. The van der Waals surface area contributed by atoms with Gasteiger partial charge in [0.1, 0.15) is 0 Å². The van der Waals surface area contributed by atoms with Crippen LogP contribution in [-0.4, -0.2) is 36.6 Å². The van der Waals surface area contributed by atoms with Crippen LogP contribution < -0.4 is 5.32 Å². The normalized spacial score (nSPS) is 23.6. The minimum absolute atomic E-state index is 0.760. The molecule has 0 aromatic carbocycles. The summed E-state index contributed by atoms with van der Waals surface area (Å²) >= 11 is 0. The summed E-state index contributed by atoms with van der Waals surface area (Å²) < 4.78 is 0. The third-order valence-corrected chi connectivity index (χ3v) is 3.36. The highest BCUT2D eigenvalue weighted by molar-refractivity contribution is 4.84. The van der Waals surface area contributed by atoms with Crippen LogP contribution >= 0.6 is 0 Å². The van der Waals surface area contributed by atoms with E-state index in [9.17, 15) is 0 Å². The highest BCUT2D eigenvalue weighted by Gasteiger charge is 2.25. The Morgan fingerprint density at radius 2 is 2.00 bits per heavy atom. The van der Waals surface area contributed by atoms with Crippen molar-refractivity contribution < 1.29 is 0 Å². The molecule has 2 nitrogen and oxygen atoms in total. The molecule has 0 radical (unpaired) electrons. The Morgan fingerprint density at radius 3 is 2.57 bits per heavy atom. The van der Waals surface area contributed by atoms with Gasteiger partial charge in [0, 0.05) is 25.2 Å². The minimum Gasteiger partial charge on any atom is -0.313 e. The smallest absolute Gasteiger partial charge is 0.0207 e. The molecular weight excluding hydrogens is 172 g/mol. The maximum absolute atomic E-state index is 3.62. The molecule has 0 spiro atoms. The van der Waals surface area contributed by atoms with Crippen molar-refractivity contribution >= 4 is 0 Å². The van der Waals surface area contributed by atoms with E-state index in [2.05, 4.69) is 31.0 Å². The summed E-state index contributed by atoms with van der Waals surface area (Å²) in [7, 11) is 0. The first kappa shape index (κ1) is 12.0. The molecule has 0 aliphatic carbocycles. The van der Waals surface area contributed by atoms with Gasteiger partial charge in [-0.25, -0.2) is 0 Å². The van der Waals surface area contributed by atoms with E-state index in [4.69, 9.17) is 0 Å². The molecule has 84 valence electrons. The average Bonchev–Trinajstić information content (AvgIpc) is 2.65. The number of likely N-dealkylation sites (tertiary alicyclic amines) is 1. The van der Waals surface area contributed by atoms with Crippen LogP contribution in [0, 0.1) is 0 Å². The van der Waals surface area contributed by atoms with Crippen molar-refractivity contribution in [2.24, 2.45) is 0 Å². The first-order chi connectivity index (χ1) is 6.81. The van der Waals surface area contributed by atoms with E-state index in [1.807, 2.05) is 0 Å². The molecule has 0 saturated carbocycles. The number of hydrogen-bond acceptors (Lipinski definition) is 2. The van der Waals surface area contributed by atoms with Crippen LogP contribution in [0.1, 0.15) is 46.5 Å². The van der Waals surface area contributed by atoms with E-state index < -0.39 is 0 Å². The molecule has 14 heavy (non-hydrogen) atoms. The summed E-state index contributed by atoms with van der Waals surface area (Å²) in [6.07, 6.45) is 5.20. The highest BCUT2D eigenvalue weighted by Crippen LogP contribution is 2.16. The molecule has 1 saturated heterocycles. The zero-order chi connectivity index (χ0) is 10.4. The second kappa shape index (κ2) is 6.41. The highest BCUT2D eigenvalue weighted by atomic mass is 15.2. The van der Waals surface area contributed by atoms with E-state index in [0.29, 0.717) is 0 Å². The van der Waals surface area contributed by atoms with Crippen molar-refractivity contribution in [3.05, 3.63) is 0 Å². The lowest BCUT2D eigenvalue weighted by molar-refractivity contribution is 0.224. The topological polar surface area (TPSA) is 15.3 Å². The second-order valence-electron chi connectivity index (χ2n) is 4.40. The summed E-state index contributed by atoms with van der Waals surface area (Å²) in [6.45, 7) is 10.6. The van der Waals surface area contributed by atoms with Crippen molar-refractivity contribution in [1.82, 2.24) is 10.2 Å². The van der Waals surface area contributed by atoms with Gasteiger partial charge in [0.05, 0.1) is 0 Å². The first-order valence-electron chi connectivity index (χ1n) is 6.29. The number of nitrogens with zero attached hydrogens (tertiary/aromatic N) is 1. The van der Waals surface area contributed by atoms with Crippen LogP contribution in [0.15, 0.2) is 0 Å². The van der Waals surface area contributed by atoms with Crippen molar-refractivity contribution in [1.29, 1.82) is 0 Å². The monoisotopic (exact) mass is 198 g/mol. The fraction of sp³-hybridized carbons (Fsp3) is 1.00. The first-order valence-corrected chi connectivity index (χ1v) is 6.29. The number of hydrogen-bond donors (Lipinski definition) is 1. The molecule has 1 aliphatic rings. The van der Waals surface area contributed by atoms with E-state index >= 15 is 0 Å². The van der Waals surface area contributed by atoms with Crippen LogP contribution in [0.25, 0.3) is 0 Å². The fourth-order valence-corrected chi connectivity index (χ4v) is 2.44. The Balaban J connectivity index is 2.25. The maximum Gasteiger partial charge on any atom is 0.0207 e. The Hall–Kier alpha value is -0.0800. The largest absolute Gasteiger partial charge is 0.313 e. The van der Waals surface area contributed by atoms with Gasteiger partial charge in [0.25, 0.3) is 0 Å². The van der Waals surface area contributed by atoms with Gasteiger partial charge in [-0.05, 0) is 32.2 Å².